The normalized spacial score (nSPS) is 11.3. The molecule has 0 N–H and O–H groups in total. The van der Waals surface area contributed by atoms with Gasteiger partial charge in [-0.1, -0.05) is 28.1 Å². The Hall–Kier alpha value is -1.09. The number of hydrogen-bond donors (Lipinski definition) is 0. The number of nitrogens with zero attached hydrogens (tertiary/aromatic N) is 1. The SMILES string of the molecule is CCOC(=O)/C(=C(\SC)SCC(=O)c1ccc(Br)cc1)[n+]1cc(C)cc(C)c1.[Br-]. The van der Waals surface area contributed by atoms with Gasteiger partial charge in [-0.15, -0.1) is 23.5 Å². The van der Waals surface area contributed by atoms with Crippen LogP contribution in [0.25, 0.3) is 5.70 Å². The standard InChI is InChI=1S/C21H23BrNO3S2.BrH/c1-5-26-20(25)19(23-11-14(2)10-15(3)12-23)21(27-4)28-13-18(24)16-6-8-17(22)9-7-16;/h6-12H,5,13H2,1-4H3;1H/q+1;/p-1/b21-19-;. The van der Waals surface area contributed by atoms with Crippen molar-refractivity contribution < 1.29 is 35.9 Å². The van der Waals surface area contributed by atoms with Crippen molar-refractivity contribution in [1.29, 1.82) is 0 Å². The highest BCUT2D eigenvalue weighted by molar-refractivity contribution is 9.10. The number of carbonyl (C=O) groups is 2. The molecule has 0 amide bonds. The van der Waals surface area contributed by atoms with Gasteiger partial charge in [0.2, 0.25) is 0 Å². The summed E-state index contributed by atoms with van der Waals surface area (Å²) in [5.41, 5.74) is 3.17. The highest BCUT2D eigenvalue weighted by Crippen LogP contribution is 2.31. The van der Waals surface area contributed by atoms with Gasteiger partial charge in [0.05, 0.1) is 12.4 Å². The molecule has 1 aromatic carbocycles. The number of aryl methyl sites for hydroxylation is 2. The van der Waals surface area contributed by atoms with Gasteiger partial charge in [-0.3, -0.25) is 4.79 Å². The molecule has 4 nitrogen and oxygen atoms in total. The molecular formula is C21H23Br2NO3S2. The molecule has 0 aliphatic carbocycles. The van der Waals surface area contributed by atoms with Crippen molar-refractivity contribution in [3.05, 3.63) is 68.1 Å². The maximum absolute atomic E-state index is 12.7. The lowest BCUT2D eigenvalue weighted by molar-refractivity contribution is -0.579. The second kappa shape index (κ2) is 12.6. The number of halogens is 2. The molecular weight excluding hydrogens is 538 g/mol. The molecule has 0 fully saturated rings. The van der Waals surface area contributed by atoms with Gasteiger partial charge >= 0.3 is 11.7 Å². The number of carbonyl (C=O) groups excluding carboxylic acids is 2. The van der Waals surface area contributed by atoms with E-state index in [1.807, 2.05) is 50.7 Å². The number of thioether (sulfide) groups is 2. The van der Waals surface area contributed by atoms with Gasteiger partial charge in [0.25, 0.3) is 0 Å². The molecule has 0 atom stereocenters. The van der Waals surface area contributed by atoms with Crippen molar-refractivity contribution in [3.8, 4) is 0 Å². The number of aromatic nitrogens is 1. The third kappa shape index (κ3) is 7.59. The highest BCUT2D eigenvalue weighted by Gasteiger charge is 2.28. The van der Waals surface area contributed by atoms with Crippen LogP contribution in [0.1, 0.15) is 28.4 Å². The number of ketones is 1. The Balaban J connectivity index is 0.00000420. The maximum Gasteiger partial charge on any atom is 0.405 e. The number of rotatable bonds is 8. The third-order valence-corrected chi connectivity index (χ3v) is 6.56. The molecule has 2 aromatic rings. The average molecular weight is 561 g/mol. The molecule has 0 unspecified atom stereocenters. The van der Waals surface area contributed by atoms with E-state index in [2.05, 4.69) is 15.9 Å². The van der Waals surface area contributed by atoms with Crippen molar-refractivity contribution in [2.45, 2.75) is 20.8 Å². The van der Waals surface area contributed by atoms with Crippen LogP contribution in [0.4, 0.5) is 0 Å². The zero-order chi connectivity index (χ0) is 20.7. The largest absolute Gasteiger partial charge is 1.00 e. The van der Waals surface area contributed by atoms with Crippen LogP contribution in [-0.4, -0.2) is 30.4 Å². The topological polar surface area (TPSA) is 47.3 Å². The van der Waals surface area contributed by atoms with Crippen molar-refractivity contribution in [2.24, 2.45) is 0 Å². The number of pyridine rings is 1. The fourth-order valence-electron chi connectivity index (χ4n) is 2.61. The van der Waals surface area contributed by atoms with Crippen LogP contribution in [0.5, 0.6) is 0 Å². The first-order chi connectivity index (χ1) is 13.3. The summed E-state index contributed by atoms with van der Waals surface area (Å²) in [6, 6.07) is 9.32. The highest BCUT2D eigenvalue weighted by atomic mass is 79.9. The van der Waals surface area contributed by atoms with E-state index in [9.17, 15) is 9.59 Å². The Labute approximate surface area is 199 Å². The Morgan fingerprint density at radius 2 is 1.69 bits per heavy atom. The molecule has 2 rings (SSSR count). The van der Waals surface area contributed by atoms with Gasteiger partial charge in [0.1, 0.15) is 4.24 Å². The van der Waals surface area contributed by atoms with Gasteiger partial charge in [-0.25, -0.2) is 4.79 Å². The second-order valence-electron chi connectivity index (χ2n) is 6.08. The average Bonchev–Trinajstić information content (AvgIpc) is 2.64. The summed E-state index contributed by atoms with van der Waals surface area (Å²) in [5, 5.41) is 0. The molecule has 156 valence electrons. The fourth-order valence-corrected chi connectivity index (χ4v) is 4.66. The Morgan fingerprint density at radius 1 is 1.10 bits per heavy atom. The molecule has 1 aromatic heterocycles. The lowest BCUT2D eigenvalue weighted by Crippen LogP contribution is -3.00. The Bertz CT molecular complexity index is 879. The minimum Gasteiger partial charge on any atom is -1.00 e. The van der Waals surface area contributed by atoms with Gasteiger partial charge in [-0.2, -0.15) is 4.57 Å². The lowest BCUT2D eigenvalue weighted by Gasteiger charge is -2.09. The monoisotopic (exact) mass is 559 g/mol. The van der Waals surface area contributed by atoms with Crippen molar-refractivity contribution in [2.75, 3.05) is 18.6 Å². The Morgan fingerprint density at radius 3 is 2.21 bits per heavy atom. The smallest absolute Gasteiger partial charge is 0.405 e. The number of ether oxygens (including phenoxy) is 1. The molecule has 8 heteroatoms. The molecule has 0 aliphatic rings. The van der Waals surface area contributed by atoms with Crippen molar-refractivity contribution in [3.63, 3.8) is 0 Å². The van der Waals surface area contributed by atoms with E-state index in [-0.39, 0.29) is 35.1 Å². The van der Waals surface area contributed by atoms with E-state index < -0.39 is 5.97 Å². The Kier molecular flexibility index (Phi) is 11.2. The van der Waals surface area contributed by atoms with Crippen LogP contribution in [0.3, 0.4) is 0 Å². The first-order valence-electron chi connectivity index (χ1n) is 8.72. The summed E-state index contributed by atoms with van der Waals surface area (Å²) in [6.07, 6.45) is 5.69. The van der Waals surface area contributed by atoms with E-state index in [4.69, 9.17) is 4.74 Å². The van der Waals surface area contributed by atoms with Crippen LogP contribution in [-0.2, 0) is 9.53 Å². The summed E-state index contributed by atoms with van der Waals surface area (Å²) in [5.74, 6) is -0.144. The van der Waals surface area contributed by atoms with Gasteiger partial charge < -0.3 is 21.7 Å². The van der Waals surface area contributed by atoms with E-state index in [0.717, 1.165) is 19.8 Å². The fraction of sp³-hybridized carbons (Fsp3) is 0.286. The summed E-state index contributed by atoms with van der Waals surface area (Å²) in [6.45, 7) is 6.03. The minimum atomic E-state index is -0.398. The lowest BCUT2D eigenvalue weighted by atomic mass is 10.2. The maximum atomic E-state index is 12.7. The number of hydrogen-bond acceptors (Lipinski definition) is 5. The quantitative estimate of drug-likeness (QED) is 0.214. The molecule has 0 radical (unpaired) electrons. The first-order valence-corrected chi connectivity index (χ1v) is 11.7. The molecule has 0 spiro atoms. The molecule has 0 saturated carbocycles. The van der Waals surface area contributed by atoms with Crippen LogP contribution >= 0.6 is 39.5 Å². The number of esters is 1. The van der Waals surface area contributed by atoms with Gasteiger partial charge in [0.15, 0.2) is 18.2 Å². The minimum absolute atomic E-state index is 0. The third-order valence-electron chi connectivity index (χ3n) is 3.75. The van der Waals surface area contributed by atoms with Crippen LogP contribution < -0.4 is 21.5 Å². The number of benzene rings is 1. The van der Waals surface area contributed by atoms with E-state index in [1.54, 1.807) is 23.6 Å². The van der Waals surface area contributed by atoms with Crippen molar-refractivity contribution in [1.82, 2.24) is 0 Å². The molecule has 0 bridgehead atoms. The molecule has 0 aliphatic heterocycles. The zero-order valence-electron chi connectivity index (χ0n) is 16.7. The summed E-state index contributed by atoms with van der Waals surface area (Å²) in [7, 11) is 0. The summed E-state index contributed by atoms with van der Waals surface area (Å²) >= 11 is 6.17. The van der Waals surface area contributed by atoms with Crippen LogP contribution in [0.15, 0.2) is 51.4 Å². The predicted molar refractivity (Wildman–Crippen MR) is 120 cm³/mol. The number of Topliss-reactive ketones (excluding diaryl/α,β-unsaturated/α-hetero) is 1. The molecule has 29 heavy (non-hydrogen) atoms. The molecule has 1 heterocycles. The van der Waals surface area contributed by atoms with Crippen LogP contribution in [0, 0.1) is 13.8 Å². The zero-order valence-corrected chi connectivity index (χ0v) is 21.5. The van der Waals surface area contributed by atoms with Gasteiger partial charge in [0, 0.05) is 21.2 Å². The predicted octanol–water partition coefficient (Wildman–Crippen LogP) is 2.03. The summed E-state index contributed by atoms with van der Waals surface area (Å²) in [4.78, 5) is 25.2. The second-order valence-corrected chi connectivity index (χ2v) is 9.05. The van der Waals surface area contributed by atoms with Crippen molar-refractivity contribution >= 4 is 56.9 Å². The van der Waals surface area contributed by atoms with Crippen LogP contribution in [0.2, 0.25) is 0 Å². The first kappa shape index (κ1) is 25.9. The van der Waals surface area contributed by atoms with E-state index >= 15 is 0 Å². The van der Waals surface area contributed by atoms with E-state index in [1.165, 1.54) is 23.5 Å². The summed E-state index contributed by atoms with van der Waals surface area (Å²) < 4.78 is 8.77. The molecule has 0 saturated heterocycles. The van der Waals surface area contributed by atoms with Gasteiger partial charge in [-0.05, 0) is 45.2 Å². The van der Waals surface area contributed by atoms with E-state index in [0.29, 0.717) is 11.3 Å².